The molecule has 0 unspecified atom stereocenters. The summed E-state index contributed by atoms with van der Waals surface area (Å²) in [7, 11) is 1.70. The van der Waals surface area contributed by atoms with Gasteiger partial charge in [0, 0.05) is 30.4 Å². The summed E-state index contributed by atoms with van der Waals surface area (Å²) in [5, 5.41) is 2.90. The van der Waals surface area contributed by atoms with Gasteiger partial charge in [0.1, 0.15) is 11.3 Å². The fourth-order valence-corrected chi connectivity index (χ4v) is 3.70. The zero-order valence-corrected chi connectivity index (χ0v) is 16.8. The Morgan fingerprint density at radius 2 is 2.07 bits per heavy atom. The number of carbonyl (C=O) groups is 1. The number of aromatic nitrogens is 1. The van der Waals surface area contributed by atoms with E-state index in [9.17, 15) is 9.18 Å². The molecule has 0 bridgehead atoms. The van der Waals surface area contributed by atoms with Gasteiger partial charge in [0.15, 0.2) is 5.58 Å². The van der Waals surface area contributed by atoms with Crippen molar-refractivity contribution in [2.75, 3.05) is 25.5 Å². The summed E-state index contributed by atoms with van der Waals surface area (Å²) in [4.78, 5) is 18.7. The molecule has 3 aromatic rings. The second-order valence-electron chi connectivity index (χ2n) is 6.68. The Morgan fingerprint density at radius 3 is 2.82 bits per heavy atom. The van der Waals surface area contributed by atoms with Crippen LogP contribution in [-0.2, 0) is 4.74 Å². The van der Waals surface area contributed by atoms with Gasteiger partial charge in [-0.05, 0) is 65.2 Å². The molecule has 1 aliphatic heterocycles. The third-order valence-corrected chi connectivity index (χ3v) is 5.55. The van der Waals surface area contributed by atoms with Crippen LogP contribution in [0.3, 0.4) is 0 Å². The van der Waals surface area contributed by atoms with Crippen molar-refractivity contribution in [2.45, 2.75) is 18.9 Å². The predicted octanol–water partition coefficient (Wildman–Crippen LogP) is 5.04. The Labute approximate surface area is 169 Å². The van der Waals surface area contributed by atoms with Crippen LogP contribution in [0.2, 0.25) is 0 Å². The van der Waals surface area contributed by atoms with Gasteiger partial charge in [-0.15, -0.1) is 0 Å². The van der Waals surface area contributed by atoms with Crippen molar-refractivity contribution in [3.63, 3.8) is 0 Å². The minimum atomic E-state index is -0.370. The molecule has 2 heterocycles. The number of urea groups is 1. The summed E-state index contributed by atoms with van der Waals surface area (Å²) in [6.45, 7) is 1.32. The van der Waals surface area contributed by atoms with E-state index >= 15 is 0 Å². The number of fused-ring (bicyclic) bond motifs is 1. The van der Waals surface area contributed by atoms with E-state index in [1.54, 1.807) is 36.3 Å². The maximum atomic E-state index is 13.6. The number of nitrogens with zero attached hydrogens (tertiary/aromatic N) is 2. The maximum Gasteiger partial charge on any atom is 0.321 e. The lowest BCUT2D eigenvalue weighted by Gasteiger charge is -2.31. The molecule has 28 heavy (non-hydrogen) atoms. The average molecular weight is 448 g/mol. The van der Waals surface area contributed by atoms with Gasteiger partial charge in [-0.3, -0.25) is 0 Å². The van der Waals surface area contributed by atoms with E-state index in [-0.39, 0.29) is 18.0 Å². The summed E-state index contributed by atoms with van der Waals surface area (Å²) in [5.74, 6) is -0.0582. The van der Waals surface area contributed by atoms with Crippen LogP contribution in [-0.4, -0.2) is 42.2 Å². The number of carbonyl (C=O) groups excluding carboxylic acids is 1. The molecule has 0 radical (unpaired) electrons. The number of oxazole rings is 1. The van der Waals surface area contributed by atoms with Crippen LogP contribution in [0.15, 0.2) is 45.3 Å². The van der Waals surface area contributed by atoms with Gasteiger partial charge in [-0.1, -0.05) is 0 Å². The monoisotopic (exact) mass is 447 g/mol. The quantitative estimate of drug-likeness (QED) is 0.610. The van der Waals surface area contributed by atoms with Crippen molar-refractivity contribution in [3.05, 3.63) is 46.7 Å². The lowest BCUT2D eigenvalue weighted by Crippen LogP contribution is -2.42. The van der Waals surface area contributed by atoms with Crippen LogP contribution in [0.4, 0.5) is 14.9 Å². The van der Waals surface area contributed by atoms with Crippen LogP contribution in [0.1, 0.15) is 12.8 Å². The van der Waals surface area contributed by atoms with Gasteiger partial charge >= 0.3 is 6.03 Å². The Hall–Kier alpha value is -2.45. The van der Waals surface area contributed by atoms with Gasteiger partial charge in [0.25, 0.3) is 0 Å². The number of hydrogen-bond donors (Lipinski definition) is 1. The molecule has 2 amide bonds. The van der Waals surface area contributed by atoms with Crippen LogP contribution >= 0.6 is 15.9 Å². The Morgan fingerprint density at radius 1 is 1.29 bits per heavy atom. The predicted molar refractivity (Wildman–Crippen MR) is 108 cm³/mol. The molecule has 146 valence electrons. The van der Waals surface area contributed by atoms with Gasteiger partial charge < -0.3 is 19.4 Å². The third-order valence-electron chi connectivity index (χ3n) is 4.86. The molecule has 1 N–H and O–H groups in total. The molecule has 0 spiro atoms. The van der Waals surface area contributed by atoms with Crippen molar-refractivity contribution >= 4 is 38.7 Å². The van der Waals surface area contributed by atoms with Gasteiger partial charge in [-0.2, -0.15) is 0 Å². The summed E-state index contributed by atoms with van der Waals surface area (Å²) in [6.07, 6.45) is 1.88. The van der Waals surface area contributed by atoms with E-state index in [1.165, 1.54) is 12.1 Å². The van der Waals surface area contributed by atoms with E-state index in [1.807, 2.05) is 0 Å². The Bertz CT molecular complexity index is 1020. The molecule has 0 aliphatic carbocycles. The fraction of sp³-hybridized carbons (Fsp3) is 0.300. The zero-order valence-electron chi connectivity index (χ0n) is 15.2. The van der Waals surface area contributed by atoms with E-state index in [0.29, 0.717) is 45.8 Å². The molecule has 8 heteroatoms. The lowest BCUT2D eigenvalue weighted by molar-refractivity contribution is 0.0521. The highest BCUT2D eigenvalue weighted by Crippen LogP contribution is 2.31. The minimum absolute atomic E-state index is 0.148. The SMILES string of the molecule is COC1CCN(C(=O)Nc2ccc3oc(-c4cc(F)ccc4Br)nc3c2)CC1. The summed E-state index contributed by atoms with van der Waals surface area (Å²) in [5.41, 5.74) is 2.31. The number of hydrogen-bond acceptors (Lipinski definition) is 4. The number of ether oxygens (including phenoxy) is 1. The number of anilines is 1. The van der Waals surface area contributed by atoms with Crippen molar-refractivity contribution in [2.24, 2.45) is 0 Å². The number of piperidine rings is 1. The largest absolute Gasteiger partial charge is 0.436 e. The first-order valence-electron chi connectivity index (χ1n) is 8.98. The molecule has 4 rings (SSSR count). The highest BCUT2D eigenvalue weighted by molar-refractivity contribution is 9.10. The Kier molecular flexibility index (Phi) is 5.32. The first kappa shape index (κ1) is 18.9. The number of amides is 2. The van der Waals surface area contributed by atoms with E-state index in [4.69, 9.17) is 9.15 Å². The second-order valence-corrected chi connectivity index (χ2v) is 7.53. The average Bonchev–Trinajstić information content (AvgIpc) is 3.13. The van der Waals surface area contributed by atoms with E-state index in [0.717, 1.165) is 12.8 Å². The van der Waals surface area contributed by atoms with Crippen LogP contribution in [0.25, 0.3) is 22.6 Å². The molecule has 6 nitrogen and oxygen atoms in total. The smallest absolute Gasteiger partial charge is 0.321 e. The lowest BCUT2D eigenvalue weighted by atomic mass is 10.1. The third kappa shape index (κ3) is 3.88. The molecule has 0 saturated carbocycles. The maximum absolute atomic E-state index is 13.6. The summed E-state index contributed by atoms with van der Waals surface area (Å²) >= 11 is 3.39. The normalized spacial score (nSPS) is 15.2. The van der Waals surface area contributed by atoms with E-state index < -0.39 is 0 Å². The van der Waals surface area contributed by atoms with Gasteiger partial charge in [0.2, 0.25) is 5.89 Å². The molecular weight excluding hydrogens is 429 g/mol. The van der Waals surface area contributed by atoms with Crippen molar-refractivity contribution in [1.29, 1.82) is 0 Å². The van der Waals surface area contributed by atoms with Crippen molar-refractivity contribution < 1.29 is 18.3 Å². The standard InChI is InChI=1S/C20H19BrFN3O3/c1-27-14-6-8-25(9-7-14)20(26)23-13-3-5-18-17(11-13)24-19(28-18)15-10-12(22)2-4-16(15)21/h2-5,10-11,14H,6-9H2,1H3,(H,23,26). The van der Waals surface area contributed by atoms with Crippen molar-refractivity contribution in [3.8, 4) is 11.5 Å². The van der Waals surface area contributed by atoms with E-state index in [2.05, 4.69) is 26.2 Å². The van der Waals surface area contributed by atoms with Gasteiger partial charge in [0.05, 0.1) is 11.7 Å². The highest BCUT2D eigenvalue weighted by Gasteiger charge is 2.22. The molecule has 1 fully saturated rings. The molecule has 1 aromatic heterocycles. The highest BCUT2D eigenvalue weighted by atomic mass is 79.9. The number of halogens is 2. The number of rotatable bonds is 3. The first-order valence-corrected chi connectivity index (χ1v) is 9.77. The Balaban J connectivity index is 1.52. The topological polar surface area (TPSA) is 67.6 Å². The fourth-order valence-electron chi connectivity index (χ4n) is 3.28. The molecule has 1 saturated heterocycles. The van der Waals surface area contributed by atoms with Crippen LogP contribution < -0.4 is 5.32 Å². The number of nitrogens with one attached hydrogen (secondary N) is 1. The summed E-state index contributed by atoms with van der Waals surface area (Å²) < 4.78 is 25.3. The first-order chi connectivity index (χ1) is 13.5. The number of methoxy groups -OCH3 is 1. The minimum Gasteiger partial charge on any atom is -0.436 e. The van der Waals surface area contributed by atoms with Gasteiger partial charge in [-0.25, -0.2) is 14.2 Å². The number of likely N-dealkylation sites (tertiary alicyclic amines) is 1. The molecule has 1 aliphatic rings. The molecular formula is C20H19BrFN3O3. The number of benzene rings is 2. The molecule has 0 atom stereocenters. The molecule has 2 aromatic carbocycles. The van der Waals surface area contributed by atoms with Crippen LogP contribution in [0.5, 0.6) is 0 Å². The van der Waals surface area contributed by atoms with Crippen LogP contribution in [0, 0.1) is 5.82 Å². The summed E-state index contributed by atoms with van der Waals surface area (Å²) in [6, 6.07) is 9.43. The van der Waals surface area contributed by atoms with Crippen molar-refractivity contribution in [1.82, 2.24) is 9.88 Å². The zero-order chi connectivity index (χ0) is 19.7. The second kappa shape index (κ2) is 7.89.